The Morgan fingerprint density at radius 1 is 1.31 bits per heavy atom. The molecular formula is C12H13F2NS. The summed E-state index contributed by atoms with van der Waals surface area (Å²) >= 11 is 1.64. The smallest absolute Gasteiger partial charge is 0.254 e. The van der Waals surface area contributed by atoms with E-state index in [-0.39, 0.29) is 0 Å². The standard InChI is InChI=1S/C12H13F2NS/c1-15-10(12(13)14)6-8-2-3-9-4-5-16-11(9)7-8/h2-5,7,10,12,15H,6H2,1H3. The lowest BCUT2D eigenvalue weighted by atomic mass is 10.1. The van der Waals surface area contributed by atoms with Crippen molar-refractivity contribution in [1.82, 2.24) is 5.32 Å². The summed E-state index contributed by atoms with van der Waals surface area (Å²) in [5, 5.41) is 5.83. The van der Waals surface area contributed by atoms with Crippen LogP contribution in [0.2, 0.25) is 0 Å². The molecule has 0 aliphatic carbocycles. The fourth-order valence-electron chi connectivity index (χ4n) is 1.70. The molecule has 1 unspecified atom stereocenters. The molecule has 0 amide bonds. The second-order valence-corrected chi connectivity index (χ2v) is 4.67. The maximum atomic E-state index is 12.6. The second-order valence-electron chi connectivity index (χ2n) is 3.73. The van der Waals surface area contributed by atoms with Crippen LogP contribution in [-0.4, -0.2) is 19.5 Å². The van der Waals surface area contributed by atoms with Gasteiger partial charge in [0.1, 0.15) is 0 Å². The van der Waals surface area contributed by atoms with Gasteiger partial charge in [-0.25, -0.2) is 8.78 Å². The molecule has 86 valence electrons. The summed E-state index contributed by atoms with van der Waals surface area (Å²) in [6.07, 6.45) is -1.97. The van der Waals surface area contributed by atoms with E-state index in [2.05, 4.69) is 5.32 Å². The van der Waals surface area contributed by atoms with Crippen LogP contribution in [0.5, 0.6) is 0 Å². The van der Waals surface area contributed by atoms with E-state index >= 15 is 0 Å². The zero-order valence-corrected chi connectivity index (χ0v) is 9.73. The first-order valence-corrected chi connectivity index (χ1v) is 6.00. The number of hydrogen-bond acceptors (Lipinski definition) is 2. The van der Waals surface area contributed by atoms with Crippen LogP contribution in [0.1, 0.15) is 5.56 Å². The van der Waals surface area contributed by atoms with Gasteiger partial charge in [-0.3, -0.25) is 0 Å². The maximum absolute atomic E-state index is 12.6. The van der Waals surface area contributed by atoms with Gasteiger partial charge < -0.3 is 5.32 Å². The highest BCUT2D eigenvalue weighted by atomic mass is 32.1. The number of likely N-dealkylation sites (N-methyl/N-ethyl adjacent to an activating group) is 1. The predicted octanol–water partition coefficient (Wildman–Crippen LogP) is 3.30. The van der Waals surface area contributed by atoms with E-state index in [0.717, 1.165) is 10.3 Å². The third-order valence-corrected chi connectivity index (χ3v) is 3.53. The first kappa shape index (κ1) is 11.5. The summed E-state index contributed by atoms with van der Waals surface area (Å²) in [4.78, 5) is 0. The average Bonchev–Trinajstić information content (AvgIpc) is 2.72. The third kappa shape index (κ3) is 2.39. The zero-order valence-electron chi connectivity index (χ0n) is 8.91. The molecule has 0 saturated heterocycles. The van der Waals surface area contributed by atoms with Gasteiger partial charge >= 0.3 is 0 Å². The Morgan fingerprint density at radius 3 is 2.81 bits per heavy atom. The lowest BCUT2D eigenvalue weighted by Gasteiger charge is -2.14. The van der Waals surface area contributed by atoms with Gasteiger partial charge in [0.15, 0.2) is 0 Å². The summed E-state index contributed by atoms with van der Waals surface area (Å²) in [6, 6.07) is 7.16. The van der Waals surface area contributed by atoms with Crippen molar-refractivity contribution < 1.29 is 8.78 Å². The van der Waals surface area contributed by atoms with Crippen LogP contribution in [0.15, 0.2) is 29.6 Å². The van der Waals surface area contributed by atoms with Crippen molar-refractivity contribution in [3.63, 3.8) is 0 Å². The van der Waals surface area contributed by atoms with Crippen LogP contribution in [-0.2, 0) is 6.42 Å². The highest BCUT2D eigenvalue weighted by Gasteiger charge is 2.18. The van der Waals surface area contributed by atoms with Crippen LogP contribution in [0.3, 0.4) is 0 Å². The van der Waals surface area contributed by atoms with Crippen LogP contribution in [0.4, 0.5) is 8.78 Å². The van der Waals surface area contributed by atoms with E-state index in [1.54, 1.807) is 18.4 Å². The molecule has 0 spiro atoms. The maximum Gasteiger partial charge on any atom is 0.254 e. The summed E-state index contributed by atoms with van der Waals surface area (Å²) in [5.74, 6) is 0. The molecule has 1 nitrogen and oxygen atoms in total. The van der Waals surface area contributed by atoms with Crippen molar-refractivity contribution in [2.75, 3.05) is 7.05 Å². The van der Waals surface area contributed by atoms with E-state index in [1.165, 1.54) is 5.39 Å². The van der Waals surface area contributed by atoms with E-state index < -0.39 is 12.5 Å². The molecule has 1 heterocycles. The number of rotatable bonds is 4. The van der Waals surface area contributed by atoms with Gasteiger partial charge in [0.05, 0.1) is 6.04 Å². The first-order valence-electron chi connectivity index (χ1n) is 5.12. The lowest BCUT2D eigenvalue weighted by molar-refractivity contribution is 0.102. The monoisotopic (exact) mass is 241 g/mol. The normalized spacial score (nSPS) is 13.5. The fourth-order valence-corrected chi connectivity index (χ4v) is 2.55. The van der Waals surface area contributed by atoms with E-state index in [0.29, 0.717) is 6.42 Å². The molecule has 1 aromatic heterocycles. The molecule has 16 heavy (non-hydrogen) atoms. The van der Waals surface area contributed by atoms with Crippen molar-refractivity contribution in [1.29, 1.82) is 0 Å². The Kier molecular flexibility index (Phi) is 3.51. The van der Waals surface area contributed by atoms with Crippen molar-refractivity contribution in [2.45, 2.75) is 18.9 Å². The van der Waals surface area contributed by atoms with Gasteiger partial charge in [-0.2, -0.15) is 0 Å². The van der Waals surface area contributed by atoms with Gasteiger partial charge in [-0.15, -0.1) is 11.3 Å². The van der Waals surface area contributed by atoms with Crippen molar-refractivity contribution in [2.24, 2.45) is 0 Å². The van der Waals surface area contributed by atoms with Crippen molar-refractivity contribution >= 4 is 21.4 Å². The molecule has 1 aromatic carbocycles. The Morgan fingerprint density at radius 2 is 2.12 bits per heavy atom. The summed E-state index contributed by atoms with van der Waals surface area (Å²) in [6.45, 7) is 0. The number of hydrogen-bond donors (Lipinski definition) is 1. The number of alkyl halides is 2. The van der Waals surface area contributed by atoms with Gasteiger partial charge in [0, 0.05) is 4.70 Å². The van der Waals surface area contributed by atoms with Gasteiger partial charge in [0.2, 0.25) is 0 Å². The quantitative estimate of drug-likeness (QED) is 0.866. The topological polar surface area (TPSA) is 12.0 Å². The SMILES string of the molecule is CNC(Cc1ccc2ccsc2c1)C(F)F. The lowest BCUT2D eigenvalue weighted by Crippen LogP contribution is -2.34. The molecular weight excluding hydrogens is 228 g/mol. The van der Waals surface area contributed by atoms with Gasteiger partial charge in [0.25, 0.3) is 6.43 Å². The highest BCUT2D eigenvalue weighted by Crippen LogP contribution is 2.23. The van der Waals surface area contributed by atoms with Crippen LogP contribution in [0.25, 0.3) is 10.1 Å². The third-order valence-electron chi connectivity index (χ3n) is 2.65. The predicted molar refractivity (Wildman–Crippen MR) is 64.4 cm³/mol. The minimum absolute atomic E-state index is 0.363. The van der Waals surface area contributed by atoms with Gasteiger partial charge in [-0.05, 0) is 41.9 Å². The molecule has 1 atom stereocenters. The van der Waals surface area contributed by atoms with Crippen LogP contribution in [0, 0.1) is 0 Å². The number of thiophene rings is 1. The summed E-state index contributed by atoms with van der Waals surface area (Å²) in [7, 11) is 1.57. The van der Waals surface area contributed by atoms with Crippen LogP contribution < -0.4 is 5.32 Å². The molecule has 0 fully saturated rings. The summed E-state index contributed by atoms with van der Waals surface area (Å²) < 4.78 is 26.3. The Labute approximate surface area is 97.1 Å². The Bertz CT molecular complexity index is 467. The zero-order chi connectivity index (χ0) is 11.5. The molecule has 0 bridgehead atoms. The molecule has 0 aliphatic heterocycles. The number of benzene rings is 1. The molecule has 0 aliphatic rings. The highest BCUT2D eigenvalue weighted by molar-refractivity contribution is 7.17. The van der Waals surface area contributed by atoms with E-state index in [4.69, 9.17) is 0 Å². The molecule has 2 aromatic rings. The molecule has 1 N–H and O–H groups in total. The van der Waals surface area contributed by atoms with E-state index in [9.17, 15) is 8.78 Å². The Hall–Kier alpha value is -1.00. The largest absolute Gasteiger partial charge is 0.312 e. The first-order chi connectivity index (χ1) is 7.70. The minimum Gasteiger partial charge on any atom is -0.312 e. The van der Waals surface area contributed by atoms with Gasteiger partial charge in [-0.1, -0.05) is 12.1 Å². The number of halogens is 2. The molecule has 4 heteroatoms. The number of nitrogens with one attached hydrogen (secondary N) is 1. The summed E-state index contributed by atoms with van der Waals surface area (Å²) in [5.41, 5.74) is 0.953. The number of fused-ring (bicyclic) bond motifs is 1. The molecule has 0 saturated carbocycles. The van der Waals surface area contributed by atoms with E-state index in [1.807, 2.05) is 29.6 Å². The van der Waals surface area contributed by atoms with Crippen molar-refractivity contribution in [3.8, 4) is 0 Å². The fraction of sp³-hybridized carbons (Fsp3) is 0.333. The second kappa shape index (κ2) is 4.89. The molecule has 0 radical (unpaired) electrons. The minimum atomic E-state index is -2.33. The molecule has 2 rings (SSSR count). The average molecular weight is 241 g/mol. The Balaban J connectivity index is 2.19. The van der Waals surface area contributed by atoms with Crippen LogP contribution >= 0.6 is 11.3 Å². The van der Waals surface area contributed by atoms with Crippen molar-refractivity contribution in [3.05, 3.63) is 35.2 Å².